The van der Waals surface area contributed by atoms with Gasteiger partial charge < -0.3 is 0 Å². The number of rotatable bonds is 6. The van der Waals surface area contributed by atoms with Crippen LogP contribution in [0.2, 0.25) is 0 Å². The van der Waals surface area contributed by atoms with Gasteiger partial charge in [0.2, 0.25) is 0 Å². The highest BCUT2D eigenvalue weighted by Gasteiger charge is 2.03. The zero-order chi connectivity index (χ0) is 17.5. The van der Waals surface area contributed by atoms with Crippen molar-refractivity contribution >= 4 is 11.9 Å². The Bertz CT molecular complexity index is 841. The molecule has 124 valence electrons. The summed E-state index contributed by atoms with van der Waals surface area (Å²) in [5.41, 5.74) is 5.41. The average Bonchev–Trinajstić information content (AvgIpc) is 2.68. The fourth-order valence-electron chi connectivity index (χ4n) is 2.81. The number of aryl methyl sites for hydroxylation is 1. The highest BCUT2D eigenvalue weighted by atomic mass is 16.1. The number of hydrogen-bond donors (Lipinski definition) is 0. The maximum absolute atomic E-state index is 12.3. The van der Waals surface area contributed by atoms with Crippen molar-refractivity contribution < 1.29 is 4.79 Å². The van der Waals surface area contributed by atoms with Gasteiger partial charge in [-0.15, -0.1) is 0 Å². The van der Waals surface area contributed by atoms with Crippen LogP contribution in [0.5, 0.6) is 0 Å². The van der Waals surface area contributed by atoms with Gasteiger partial charge in [-0.3, -0.25) is 4.79 Å². The van der Waals surface area contributed by atoms with E-state index >= 15 is 0 Å². The molecule has 0 unspecified atom stereocenters. The van der Waals surface area contributed by atoms with Crippen LogP contribution in [-0.4, -0.2) is 5.78 Å². The van der Waals surface area contributed by atoms with Crippen LogP contribution in [-0.2, 0) is 6.42 Å². The van der Waals surface area contributed by atoms with Gasteiger partial charge in [0.15, 0.2) is 5.78 Å². The second kappa shape index (κ2) is 8.25. The fraction of sp³-hybridized carbons (Fsp3) is 0.125. The maximum atomic E-state index is 12.3. The molecule has 0 spiro atoms. The number of allylic oxidation sites excluding steroid dienone is 1. The lowest BCUT2D eigenvalue weighted by atomic mass is 10.00. The van der Waals surface area contributed by atoms with Gasteiger partial charge >= 0.3 is 0 Å². The van der Waals surface area contributed by atoms with Crippen molar-refractivity contribution in [1.29, 1.82) is 0 Å². The molecule has 0 N–H and O–H groups in total. The molecule has 0 amide bonds. The summed E-state index contributed by atoms with van der Waals surface area (Å²) < 4.78 is 0. The van der Waals surface area contributed by atoms with Crippen molar-refractivity contribution in [2.75, 3.05) is 0 Å². The van der Waals surface area contributed by atoms with Gasteiger partial charge in [-0.2, -0.15) is 0 Å². The molecule has 3 aromatic carbocycles. The largest absolute Gasteiger partial charge is 0.289 e. The van der Waals surface area contributed by atoms with E-state index in [9.17, 15) is 4.79 Å². The van der Waals surface area contributed by atoms with Crippen molar-refractivity contribution in [2.24, 2.45) is 0 Å². The molecule has 0 fully saturated rings. The summed E-state index contributed by atoms with van der Waals surface area (Å²) in [5.74, 6) is 0.0219. The van der Waals surface area contributed by atoms with Crippen LogP contribution in [0.3, 0.4) is 0 Å². The van der Waals surface area contributed by atoms with Crippen LogP contribution < -0.4 is 0 Å². The summed E-state index contributed by atoms with van der Waals surface area (Å²) >= 11 is 0. The molecule has 3 rings (SSSR count). The topological polar surface area (TPSA) is 17.1 Å². The lowest BCUT2D eigenvalue weighted by Crippen LogP contribution is -1.93. The average molecular weight is 326 g/mol. The molecule has 0 heterocycles. The van der Waals surface area contributed by atoms with Crippen LogP contribution >= 0.6 is 0 Å². The number of carbonyl (C=O) groups excluding carboxylic acids is 1. The van der Waals surface area contributed by atoms with Crippen LogP contribution in [0.4, 0.5) is 0 Å². The number of carbonyl (C=O) groups is 1. The Kier molecular flexibility index (Phi) is 5.58. The van der Waals surface area contributed by atoms with E-state index in [4.69, 9.17) is 0 Å². The van der Waals surface area contributed by atoms with Crippen LogP contribution in [0.15, 0.2) is 84.9 Å². The Morgan fingerprint density at radius 2 is 1.40 bits per heavy atom. The second-order valence-electron chi connectivity index (χ2n) is 6.13. The van der Waals surface area contributed by atoms with Gasteiger partial charge in [-0.1, -0.05) is 98.3 Å². The SMILES string of the molecule is CCCc1ccc(-c2ccc(C(=O)/C=C/c3ccccc3)cc2)cc1. The summed E-state index contributed by atoms with van der Waals surface area (Å²) in [6.45, 7) is 2.19. The van der Waals surface area contributed by atoms with Gasteiger partial charge in [-0.05, 0) is 34.8 Å². The molecule has 1 heteroatoms. The van der Waals surface area contributed by atoms with E-state index in [2.05, 4.69) is 31.2 Å². The van der Waals surface area contributed by atoms with E-state index in [0.717, 1.165) is 24.0 Å². The summed E-state index contributed by atoms with van der Waals surface area (Å²) in [6.07, 6.45) is 5.75. The van der Waals surface area contributed by atoms with E-state index in [0.29, 0.717) is 5.56 Å². The second-order valence-corrected chi connectivity index (χ2v) is 6.13. The molecule has 0 radical (unpaired) electrons. The van der Waals surface area contributed by atoms with Crippen molar-refractivity contribution in [2.45, 2.75) is 19.8 Å². The Morgan fingerprint density at radius 3 is 2.00 bits per heavy atom. The standard InChI is InChI=1S/C24H22O/c1-2-6-19-9-12-21(13-10-19)22-14-16-23(17-15-22)24(25)18-11-20-7-4-3-5-8-20/h3-5,7-18H,2,6H2,1H3/b18-11+. The maximum Gasteiger partial charge on any atom is 0.185 e. The number of hydrogen-bond acceptors (Lipinski definition) is 1. The molecule has 25 heavy (non-hydrogen) atoms. The smallest absolute Gasteiger partial charge is 0.185 e. The molecule has 0 saturated heterocycles. The molecule has 0 aliphatic rings. The molecular formula is C24H22O. The van der Waals surface area contributed by atoms with Crippen LogP contribution in [0, 0.1) is 0 Å². The first kappa shape index (κ1) is 16.9. The number of ketones is 1. The van der Waals surface area contributed by atoms with E-state index in [1.54, 1.807) is 6.08 Å². The van der Waals surface area contributed by atoms with Gasteiger partial charge in [0, 0.05) is 5.56 Å². The summed E-state index contributed by atoms with van der Waals surface area (Å²) in [5, 5.41) is 0. The predicted octanol–water partition coefficient (Wildman–Crippen LogP) is 6.20. The zero-order valence-electron chi connectivity index (χ0n) is 14.5. The van der Waals surface area contributed by atoms with E-state index in [1.807, 2.05) is 60.7 Å². The molecule has 0 atom stereocenters. The van der Waals surface area contributed by atoms with Gasteiger partial charge in [0.1, 0.15) is 0 Å². The van der Waals surface area contributed by atoms with Crippen molar-refractivity contribution in [3.8, 4) is 11.1 Å². The summed E-state index contributed by atoms with van der Waals surface area (Å²) in [6, 6.07) is 26.3. The Labute approximate surface area is 149 Å². The fourth-order valence-corrected chi connectivity index (χ4v) is 2.81. The Balaban J connectivity index is 1.71. The molecule has 3 aromatic rings. The van der Waals surface area contributed by atoms with Crippen molar-refractivity contribution in [1.82, 2.24) is 0 Å². The van der Waals surface area contributed by atoms with Gasteiger partial charge in [0.05, 0.1) is 0 Å². The third-order valence-electron chi connectivity index (χ3n) is 4.22. The van der Waals surface area contributed by atoms with E-state index in [-0.39, 0.29) is 5.78 Å². The summed E-state index contributed by atoms with van der Waals surface area (Å²) in [4.78, 5) is 12.3. The Morgan fingerprint density at radius 1 is 0.800 bits per heavy atom. The lowest BCUT2D eigenvalue weighted by Gasteiger charge is -2.05. The van der Waals surface area contributed by atoms with Crippen LogP contribution in [0.25, 0.3) is 17.2 Å². The first-order valence-electron chi connectivity index (χ1n) is 8.73. The minimum atomic E-state index is 0.0219. The van der Waals surface area contributed by atoms with Gasteiger partial charge in [0.25, 0.3) is 0 Å². The van der Waals surface area contributed by atoms with Crippen molar-refractivity contribution in [3.05, 3.63) is 102 Å². The molecule has 0 aromatic heterocycles. The first-order valence-corrected chi connectivity index (χ1v) is 8.73. The molecule has 1 nitrogen and oxygen atoms in total. The van der Waals surface area contributed by atoms with Crippen molar-refractivity contribution in [3.63, 3.8) is 0 Å². The minimum Gasteiger partial charge on any atom is -0.289 e. The van der Waals surface area contributed by atoms with E-state index < -0.39 is 0 Å². The first-order chi connectivity index (χ1) is 12.3. The summed E-state index contributed by atoms with van der Waals surface area (Å²) in [7, 11) is 0. The third-order valence-corrected chi connectivity index (χ3v) is 4.22. The molecule has 0 aliphatic carbocycles. The van der Waals surface area contributed by atoms with Gasteiger partial charge in [-0.25, -0.2) is 0 Å². The quantitative estimate of drug-likeness (QED) is 0.389. The number of benzene rings is 3. The lowest BCUT2D eigenvalue weighted by molar-refractivity contribution is 0.104. The predicted molar refractivity (Wildman–Crippen MR) is 106 cm³/mol. The minimum absolute atomic E-state index is 0.0219. The Hall–Kier alpha value is -2.93. The highest BCUT2D eigenvalue weighted by Crippen LogP contribution is 2.21. The van der Waals surface area contributed by atoms with Crippen LogP contribution in [0.1, 0.15) is 34.8 Å². The third kappa shape index (κ3) is 4.54. The molecular weight excluding hydrogens is 304 g/mol. The molecule has 0 bridgehead atoms. The van der Waals surface area contributed by atoms with E-state index in [1.165, 1.54) is 11.1 Å². The normalized spacial score (nSPS) is 10.9. The monoisotopic (exact) mass is 326 g/mol. The zero-order valence-corrected chi connectivity index (χ0v) is 14.5. The molecule has 0 aliphatic heterocycles. The molecule has 0 saturated carbocycles. The highest BCUT2D eigenvalue weighted by molar-refractivity contribution is 6.07.